The van der Waals surface area contributed by atoms with Crippen LogP contribution in [0.15, 0.2) is 152 Å². The standard InChI is InChI=1S/C48H46O10/c49-40-26-39-42(57-45(40)37-21-22-41(54-29-35-17-9-3-10-18-35)44(23-37)55-30-36-19-11-4-12-20-36)24-38(53-28-34-15-7-2-8-16-34)25-43(39)58-47-46(50)48(51,32-56-47)31-52-27-33-13-5-1-6-14-33/h1-25,40,45-47,49-51H,26-32H2/t40-,45-,46+,47+,48-/m1/s1. The predicted octanol–water partition coefficient (Wildman–Crippen LogP) is 7.50. The van der Waals surface area contributed by atoms with Crippen molar-refractivity contribution in [3.05, 3.63) is 185 Å². The molecule has 5 atom stereocenters. The predicted molar refractivity (Wildman–Crippen MR) is 216 cm³/mol. The van der Waals surface area contributed by atoms with E-state index in [0.717, 1.165) is 22.3 Å². The average molecular weight is 783 g/mol. The second-order valence-corrected chi connectivity index (χ2v) is 14.6. The van der Waals surface area contributed by atoms with Gasteiger partial charge in [-0.25, -0.2) is 0 Å². The van der Waals surface area contributed by atoms with Gasteiger partial charge < -0.3 is 48.5 Å². The topological polar surface area (TPSA) is 125 Å². The molecule has 298 valence electrons. The SMILES string of the molecule is O[C@@H]1Cc2c(O[C@@H]3OC[C@](O)(COCc4ccccc4)[C@H]3O)cc(OCc3ccccc3)cc2O[C@@H]1c1ccc(OCc2ccccc2)c(OCc2ccccc2)c1. The maximum absolute atomic E-state index is 11.7. The summed E-state index contributed by atoms with van der Waals surface area (Å²) in [7, 11) is 0. The summed E-state index contributed by atoms with van der Waals surface area (Å²) in [5.74, 6) is 2.23. The number of aliphatic hydroxyl groups is 3. The van der Waals surface area contributed by atoms with Crippen LogP contribution >= 0.6 is 0 Å². The highest BCUT2D eigenvalue weighted by molar-refractivity contribution is 5.53. The Kier molecular flexibility index (Phi) is 12.2. The lowest BCUT2D eigenvalue weighted by Crippen LogP contribution is -2.48. The zero-order valence-corrected chi connectivity index (χ0v) is 31.9. The van der Waals surface area contributed by atoms with E-state index in [0.29, 0.717) is 47.3 Å². The Morgan fingerprint density at radius 2 is 1.14 bits per heavy atom. The van der Waals surface area contributed by atoms with Crippen molar-refractivity contribution in [2.75, 3.05) is 13.2 Å². The molecule has 0 amide bonds. The molecular formula is C48H46O10. The summed E-state index contributed by atoms with van der Waals surface area (Å²) in [6, 6.07) is 48.1. The van der Waals surface area contributed by atoms with E-state index in [2.05, 4.69) is 0 Å². The van der Waals surface area contributed by atoms with Gasteiger partial charge in [-0.05, 0) is 39.9 Å². The first-order chi connectivity index (χ1) is 28.4. The van der Waals surface area contributed by atoms with Gasteiger partial charge in [-0.2, -0.15) is 0 Å². The monoisotopic (exact) mass is 782 g/mol. The van der Waals surface area contributed by atoms with Gasteiger partial charge in [0.1, 0.15) is 54.9 Å². The fourth-order valence-electron chi connectivity index (χ4n) is 6.98. The molecule has 2 aliphatic heterocycles. The van der Waals surface area contributed by atoms with Crippen LogP contribution in [0, 0.1) is 0 Å². The second kappa shape index (κ2) is 18.1. The highest BCUT2D eigenvalue weighted by Crippen LogP contribution is 2.45. The van der Waals surface area contributed by atoms with Gasteiger partial charge in [-0.15, -0.1) is 0 Å². The van der Waals surface area contributed by atoms with Gasteiger partial charge in [-0.3, -0.25) is 0 Å². The third-order valence-electron chi connectivity index (χ3n) is 10.2. The van der Waals surface area contributed by atoms with Crippen molar-refractivity contribution in [3.63, 3.8) is 0 Å². The van der Waals surface area contributed by atoms with Crippen LogP contribution in [-0.4, -0.2) is 52.6 Å². The van der Waals surface area contributed by atoms with Crippen molar-refractivity contribution >= 4 is 0 Å². The van der Waals surface area contributed by atoms with E-state index in [1.807, 2.05) is 140 Å². The Bertz CT molecular complexity index is 2220. The quantitative estimate of drug-likeness (QED) is 0.0909. The first-order valence-corrected chi connectivity index (χ1v) is 19.4. The Labute approximate surface area is 337 Å². The van der Waals surface area contributed by atoms with Gasteiger partial charge in [0, 0.05) is 24.1 Å². The Morgan fingerprint density at radius 3 is 1.74 bits per heavy atom. The minimum atomic E-state index is -1.71. The summed E-state index contributed by atoms with van der Waals surface area (Å²) < 4.78 is 43.3. The van der Waals surface area contributed by atoms with E-state index in [1.54, 1.807) is 12.1 Å². The number of ether oxygens (including phenoxy) is 7. The molecule has 2 heterocycles. The van der Waals surface area contributed by atoms with Gasteiger partial charge in [-0.1, -0.05) is 127 Å². The first kappa shape index (κ1) is 39.0. The summed E-state index contributed by atoms with van der Waals surface area (Å²) in [5.41, 5.74) is 3.44. The van der Waals surface area contributed by atoms with Gasteiger partial charge in [0.2, 0.25) is 6.29 Å². The van der Waals surface area contributed by atoms with Crippen LogP contribution in [0.5, 0.6) is 28.7 Å². The van der Waals surface area contributed by atoms with Crippen LogP contribution in [-0.2, 0) is 42.3 Å². The molecule has 1 saturated heterocycles. The van der Waals surface area contributed by atoms with Crippen molar-refractivity contribution < 1.29 is 48.5 Å². The maximum atomic E-state index is 11.7. The second-order valence-electron chi connectivity index (χ2n) is 14.6. The van der Waals surface area contributed by atoms with Crippen LogP contribution in [0.2, 0.25) is 0 Å². The molecule has 10 heteroatoms. The lowest BCUT2D eigenvalue weighted by molar-refractivity contribution is -0.125. The van der Waals surface area contributed by atoms with Crippen molar-refractivity contribution in [1.82, 2.24) is 0 Å². The zero-order valence-electron chi connectivity index (χ0n) is 31.9. The molecule has 0 unspecified atom stereocenters. The number of fused-ring (bicyclic) bond motifs is 1. The molecule has 0 bridgehead atoms. The Hall–Kier alpha value is -5.88. The highest BCUT2D eigenvalue weighted by Gasteiger charge is 2.50. The molecule has 8 rings (SSSR count). The number of aliphatic hydroxyl groups excluding tert-OH is 2. The van der Waals surface area contributed by atoms with Gasteiger partial charge in [0.25, 0.3) is 0 Å². The van der Waals surface area contributed by atoms with Crippen LogP contribution in [0.4, 0.5) is 0 Å². The third kappa shape index (κ3) is 9.45. The molecule has 0 saturated carbocycles. The van der Waals surface area contributed by atoms with Gasteiger partial charge >= 0.3 is 0 Å². The van der Waals surface area contributed by atoms with E-state index < -0.39 is 30.2 Å². The van der Waals surface area contributed by atoms with Crippen molar-refractivity contribution in [3.8, 4) is 28.7 Å². The molecule has 0 aliphatic carbocycles. The van der Waals surface area contributed by atoms with E-state index in [1.165, 1.54) is 0 Å². The van der Waals surface area contributed by atoms with E-state index >= 15 is 0 Å². The zero-order chi connectivity index (χ0) is 39.7. The van der Waals surface area contributed by atoms with Crippen molar-refractivity contribution in [2.24, 2.45) is 0 Å². The molecule has 6 aromatic rings. The molecule has 1 fully saturated rings. The molecule has 0 aromatic heterocycles. The summed E-state index contributed by atoms with van der Waals surface area (Å²) in [5, 5.41) is 34.3. The molecule has 0 radical (unpaired) electrons. The molecule has 58 heavy (non-hydrogen) atoms. The van der Waals surface area contributed by atoms with Crippen LogP contribution in [0.1, 0.15) is 39.5 Å². The third-order valence-corrected chi connectivity index (χ3v) is 10.2. The molecule has 6 aromatic carbocycles. The maximum Gasteiger partial charge on any atom is 0.229 e. The molecule has 0 spiro atoms. The highest BCUT2D eigenvalue weighted by atomic mass is 16.7. The smallest absolute Gasteiger partial charge is 0.229 e. The van der Waals surface area contributed by atoms with E-state index in [-0.39, 0.29) is 38.6 Å². The van der Waals surface area contributed by atoms with Gasteiger partial charge in [0.15, 0.2) is 11.5 Å². The largest absolute Gasteiger partial charge is 0.489 e. The minimum absolute atomic E-state index is 0.147. The fourth-order valence-corrected chi connectivity index (χ4v) is 6.98. The Morgan fingerprint density at radius 1 is 0.586 bits per heavy atom. The summed E-state index contributed by atoms with van der Waals surface area (Å²) in [6.45, 7) is 0.826. The van der Waals surface area contributed by atoms with Crippen molar-refractivity contribution in [1.29, 1.82) is 0 Å². The molecule has 3 N–H and O–H groups in total. The molecular weight excluding hydrogens is 737 g/mol. The molecule has 10 nitrogen and oxygen atoms in total. The normalized spacial score (nSPS) is 21.1. The minimum Gasteiger partial charge on any atom is -0.489 e. The molecule has 2 aliphatic rings. The number of hydrogen-bond donors (Lipinski definition) is 3. The van der Waals surface area contributed by atoms with E-state index in [9.17, 15) is 15.3 Å². The summed E-state index contributed by atoms with van der Waals surface area (Å²) >= 11 is 0. The summed E-state index contributed by atoms with van der Waals surface area (Å²) in [4.78, 5) is 0. The lowest BCUT2D eigenvalue weighted by Gasteiger charge is -2.33. The van der Waals surface area contributed by atoms with Gasteiger partial charge in [0.05, 0.1) is 25.9 Å². The van der Waals surface area contributed by atoms with Crippen molar-refractivity contribution in [2.45, 2.75) is 63.1 Å². The first-order valence-electron chi connectivity index (χ1n) is 19.4. The number of benzene rings is 6. The fraction of sp³-hybridized carbons (Fsp3) is 0.250. The lowest BCUT2D eigenvalue weighted by atomic mass is 9.93. The average Bonchev–Trinajstić information content (AvgIpc) is 3.54. The number of hydrogen-bond acceptors (Lipinski definition) is 10. The van der Waals surface area contributed by atoms with Crippen LogP contribution < -0.4 is 23.7 Å². The van der Waals surface area contributed by atoms with Crippen LogP contribution in [0.3, 0.4) is 0 Å². The van der Waals surface area contributed by atoms with Crippen LogP contribution in [0.25, 0.3) is 0 Å². The van der Waals surface area contributed by atoms with E-state index in [4.69, 9.17) is 33.2 Å². The summed E-state index contributed by atoms with van der Waals surface area (Å²) in [6.07, 6.45) is -4.31. The Balaban J connectivity index is 1.04. The number of rotatable bonds is 16.